The fraction of sp³-hybridized carbons (Fsp3) is 0.263. The van der Waals surface area contributed by atoms with Crippen LogP contribution >= 0.6 is 0 Å². The first-order chi connectivity index (χ1) is 12.0. The van der Waals surface area contributed by atoms with Crippen LogP contribution in [0.2, 0.25) is 0 Å². The standard InChI is InChI=1S/C19H19F2N3O/c1-14(17-9-7-15(11-22)8-10-17)23-19(25)24(13-18(20)21)12-16-5-3-2-4-6-16/h2-10,14,18H,12-13H2,1H3,(H,23,25). The van der Waals surface area contributed by atoms with Crippen LogP contribution in [0.4, 0.5) is 13.6 Å². The first kappa shape index (κ1) is 18.4. The molecule has 0 saturated heterocycles. The quantitative estimate of drug-likeness (QED) is 0.859. The van der Waals surface area contributed by atoms with Gasteiger partial charge in [-0.25, -0.2) is 13.6 Å². The van der Waals surface area contributed by atoms with Gasteiger partial charge in [0.05, 0.1) is 24.2 Å². The number of hydrogen-bond acceptors (Lipinski definition) is 2. The van der Waals surface area contributed by atoms with Gasteiger partial charge in [0.2, 0.25) is 0 Å². The largest absolute Gasteiger partial charge is 0.331 e. The Morgan fingerprint density at radius 1 is 1.16 bits per heavy atom. The molecule has 25 heavy (non-hydrogen) atoms. The van der Waals surface area contributed by atoms with E-state index in [1.54, 1.807) is 55.5 Å². The maximum absolute atomic E-state index is 12.8. The summed E-state index contributed by atoms with van der Waals surface area (Å²) in [6.45, 7) is 1.24. The van der Waals surface area contributed by atoms with Crippen molar-refractivity contribution in [3.63, 3.8) is 0 Å². The number of nitrogens with zero attached hydrogens (tertiary/aromatic N) is 2. The van der Waals surface area contributed by atoms with Crippen molar-refractivity contribution >= 4 is 6.03 Å². The van der Waals surface area contributed by atoms with E-state index in [9.17, 15) is 13.6 Å². The number of hydrogen-bond donors (Lipinski definition) is 1. The highest BCUT2D eigenvalue weighted by molar-refractivity contribution is 5.74. The predicted molar refractivity (Wildman–Crippen MR) is 91.0 cm³/mol. The molecule has 0 fully saturated rings. The van der Waals surface area contributed by atoms with Crippen LogP contribution in [-0.4, -0.2) is 23.9 Å². The second-order valence-electron chi connectivity index (χ2n) is 5.66. The van der Waals surface area contributed by atoms with E-state index in [1.807, 2.05) is 12.1 Å². The first-order valence-corrected chi connectivity index (χ1v) is 7.87. The summed E-state index contributed by atoms with van der Waals surface area (Å²) < 4.78 is 25.7. The summed E-state index contributed by atoms with van der Waals surface area (Å²) in [4.78, 5) is 13.5. The number of benzene rings is 2. The molecular weight excluding hydrogens is 324 g/mol. The van der Waals surface area contributed by atoms with Crippen molar-refractivity contribution < 1.29 is 13.6 Å². The van der Waals surface area contributed by atoms with Gasteiger partial charge in [0.1, 0.15) is 0 Å². The van der Waals surface area contributed by atoms with Crippen LogP contribution in [0.25, 0.3) is 0 Å². The average Bonchev–Trinajstić information content (AvgIpc) is 2.61. The third-order valence-corrected chi connectivity index (χ3v) is 3.74. The summed E-state index contributed by atoms with van der Waals surface area (Å²) in [6.07, 6.45) is -2.61. The van der Waals surface area contributed by atoms with Crippen LogP contribution < -0.4 is 5.32 Å². The number of carbonyl (C=O) groups is 1. The van der Waals surface area contributed by atoms with Crippen LogP contribution in [0, 0.1) is 11.3 Å². The molecule has 130 valence electrons. The van der Waals surface area contributed by atoms with Crippen LogP contribution in [-0.2, 0) is 6.54 Å². The molecule has 0 aliphatic carbocycles. The second kappa shape index (κ2) is 8.78. The maximum Gasteiger partial charge on any atom is 0.318 e. The highest BCUT2D eigenvalue weighted by atomic mass is 19.3. The summed E-state index contributed by atoms with van der Waals surface area (Å²) in [7, 11) is 0. The molecule has 1 unspecified atom stereocenters. The average molecular weight is 343 g/mol. The molecule has 0 aliphatic heterocycles. The molecule has 2 aromatic rings. The molecule has 0 saturated carbocycles. The molecule has 0 aliphatic rings. The van der Waals surface area contributed by atoms with Crippen LogP contribution in [0.3, 0.4) is 0 Å². The van der Waals surface area contributed by atoms with Gasteiger partial charge in [0.15, 0.2) is 0 Å². The van der Waals surface area contributed by atoms with Crippen molar-refractivity contribution in [3.05, 3.63) is 71.3 Å². The Morgan fingerprint density at radius 3 is 2.36 bits per heavy atom. The van der Waals surface area contributed by atoms with Gasteiger partial charge in [-0.05, 0) is 30.2 Å². The lowest BCUT2D eigenvalue weighted by Gasteiger charge is -2.25. The van der Waals surface area contributed by atoms with Crippen LogP contribution in [0.5, 0.6) is 0 Å². The normalized spacial score (nSPS) is 11.6. The van der Waals surface area contributed by atoms with Crippen LogP contribution in [0.1, 0.15) is 29.7 Å². The van der Waals surface area contributed by atoms with E-state index in [0.29, 0.717) is 5.56 Å². The van der Waals surface area contributed by atoms with Crippen molar-refractivity contribution in [2.45, 2.75) is 25.9 Å². The van der Waals surface area contributed by atoms with E-state index in [-0.39, 0.29) is 12.6 Å². The summed E-state index contributed by atoms with van der Waals surface area (Å²) in [5.74, 6) is 0. The van der Waals surface area contributed by atoms with Gasteiger partial charge < -0.3 is 10.2 Å². The fourth-order valence-corrected chi connectivity index (χ4v) is 2.40. The smallest absolute Gasteiger partial charge is 0.318 e. The molecule has 6 heteroatoms. The van der Waals surface area contributed by atoms with E-state index < -0.39 is 19.0 Å². The zero-order valence-electron chi connectivity index (χ0n) is 13.8. The zero-order chi connectivity index (χ0) is 18.2. The van der Waals surface area contributed by atoms with Crippen molar-refractivity contribution in [2.24, 2.45) is 0 Å². The highest BCUT2D eigenvalue weighted by Gasteiger charge is 2.20. The maximum atomic E-state index is 12.8. The molecule has 2 aromatic carbocycles. The van der Waals surface area contributed by atoms with E-state index in [2.05, 4.69) is 5.32 Å². The SMILES string of the molecule is CC(NC(=O)N(Cc1ccccc1)CC(F)F)c1ccc(C#N)cc1. The Balaban J connectivity index is 2.05. The summed E-state index contributed by atoms with van der Waals surface area (Å²) in [6, 6.07) is 16.9. The minimum atomic E-state index is -2.61. The number of carbonyl (C=O) groups excluding carboxylic acids is 1. The number of halogens is 2. The lowest BCUT2D eigenvalue weighted by molar-refractivity contribution is 0.0949. The molecule has 0 aromatic heterocycles. The Labute approximate surface area is 145 Å². The lowest BCUT2D eigenvalue weighted by atomic mass is 10.1. The Bertz CT molecular complexity index is 727. The van der Waals surface area contributed by atoms with Gasteiger partial charge in [-0.15, -0.1) is 0 Å². The third kappa shape index (κ3) is 5.57. The number of rotatable bonds is 6. The fourth-order valence-electron chi connectivity index (χ4n) is 2.40. The number of alkyl halides is 2. The van der Waals surface area contributed by atoms with E-state index in [4.69, 9.17) is 5.26 Å². The first-order valence-electron chi connectivity index (χ1n) is 7.87. The van der Waals surface area contributed by atoms with Crippen molar-refractivity contribution in [2.75, 3.05) is 6.54 Å². The third-order valence-electron chi connectivity index (χ3n) is 3.74. The Morgan fingerprint density at radius 2 is 1.80 bits per heavy atom. The molecule has 4 nitrogen and oxygen atoms in total. The minimum Gasteiger partial charge on any atom is -0.331 e. The van der Waals surface area contributed by atoms with Crippen LogP contribution in [0.15, 0.2) is 54.6 Å². The number of urea groups is 1. The van der Waals surface area contributed by atoms with Gasteiger partial charge in [-0.1, -0.05) is 42.5 Å². The highest BCUT2D eigenvalue weighted by Crippen LogP contribution is 2.15. The van der Waals surface area contributed by atoms with Gasteiger partial charge in [0.25, 0.3) is 6.43 Å². The Kier molecular flexibility index (Phi) is 6.47. The Hall–Kier alpha value is -2.94. The molecular formula is C19H19F2N3O. The molecule has 1 atom stereocenters. The van der Waals surface area contributed by atoms with Gasteiger partial charge in [-0.3, -0.25) is 0 Å². The molecule has 2 amide bonds. The number of nitriles is 1. The van der Waals surface area contributed by atoms with E-state index >= 15 is 0 Å². The molecule has 2 rings (SSSR count). The van der Waals surface area contributed by atoms with E-state index in [0.717, 1.165) is 16.0 Å². The molecule has 0 heterocycles. The zero-order valence-corrected chi connectivity index (χ0v) is 13.8. The minimum absolute atomic E-state index is 0.108. The number of nitrogens with one attached hydrogen (secondary N) is 1. The van der Waals surface area contributed by atoms with E-state index in [1.165, 1.54) is 0 Å². The molecule has 0 bridgehead atoms. The summed E-state index contributed by atoms with van der Waals surface area (Å²) in [5.41, 5.74) is 2.10. The van der Waals surface area contributed by atoms with Gasteiger partial charge >= 0.3 is 6.03 Å². The van der Waals surface area contributed by atoms with Crippen molar-refractivity contribution in [1.82, 2.24) is 10.2 Å². The van der Waals surface area contributed by atoms with Gasteiger partial charge in [0, 0.05) is 6.54 Å². The molecule has 1 N–H and O–H groups in total. The van der Waals surface area contributed by atoms with Crippen molar-refractivity contribution in [1.29, 1.82) is 5.26 Å². The monoisotopic (exact) mass is 343 g/mol. The summed E-state index contributed by atoms with van der Waals surface area (Å²) >= 11 is 0. The van der Waals surface area contributed by atoms with Gasteiger partial charge in [-0.2, -0.15) is 5.26 Å². The molecule has 0 radical (unpaired) electrons. The summed E-state index contributed by atoms with van der Waals surface area (Å²) in [5, 5.41) is 11.5. The second-order valence-corrected chi connectivity index (χ2v) is 5.66. The number of amides is 2. The lowest BCUT2D eigenvalue weighted by Crippen LogP contribution is -2.42. The molecule has 0 spiro atoms. The topological polar surface area (TPSA) is 56.1 Å². The predicted octanol–water partition coefficient (Wildman–Crippen LogP) is 4.10. The van der Waals surface area contributed by atoms with Crippen molar-refractivity contribution in [3.8, 4) is 6.07 Å².